The third kappa shape index (κ3) is 30.5. The SMILES string of the molecule is CC(C)=CC(=O)O.O=NO. The molecule has 0 unspecified atom stereocenters. The second kappa shape index (κ2) is 7.61. The van der Waals surface area contributed by atoms with Crippen LogP contribution in [0.5, 0.6) is 0 Å². The second-order valence-corrected chi connectivity index (χ2v) is 1.64. The van der Waals surface area contributed by atoms with Gasteiger partial charge in [0.15, 0.2) is 5.34 Å². The number of aliphatic carboxylic acids is 1. The largest absolute Gasteiger partial charge is 0.478 e. The molecule has 0 aliphatic rings. The van der Waals surface area contributed by atoms with Crippen molar-refractivity contribution in [1.29, 1.82) is 0 Å². The van der Waals surface area contributed by atoms with E-state index in [-0.39, 0.29) is 0 Å². The highest BCUT2D eigenvalue weighted by atomic mass is 16.6. The molecule has 0 saturated carbocycles. The Kier molecular flexibility index (Phi) is 8.68. The fourth-order valence-corrected chi connectivity index (χ4v) is 0.247. The standard InChI is InChI=1S/C5H8O2.HNO2/c1-4(2)3-5(6)7;2-1-3/h3H,1-2H3,(H,6,7);(H,2,3). The minimum absolute atomic E-state index is 0.813. The van der Waals surface area contributed by atoms with Crippen LogP contribution in [0.3, 0.4) is 0 Å². The van der Waals surface area contributed by atoms with Crippen molar-refractivity contribution < 1.29 is 15.1 Å². The van der Waals surface area contributed by atoms with Crippen molar-refractivity contribution in [3.63, 3.8) is 0 Å². The Balaban J connectivity index is 0. The maximum Gasteiger partial charge on any atom is 0.328 e. The molecule has 0 fully saturated rings. The summed E-state index contributed by atoms with van der Waals surface area (Å²) in [5.41, 5.74) is 0.813. The van der Waals surface area contributed by atoms with Gasteiger partial charge in [-0.05, 0) is 13.8 Å². The van der Waals surface area contributed by atoms with E-state index in [0.29, 0.717) is 0 Å². The van der Waals surface area contributed by atoms with E-state index < -0.39 is 5.97 Å². The molecule has 0 aliphatic carbocycles. The van der Waals surface area contributed by atoms with Crippen molar-refractivity contribution >= 4 is 5.97 Å². The zero-order valence-corrected chi connectivity index (χ0v) is 5.74. The van der Waals surface area contributed by atoms with Gasteiger partial charge in [-0.25, -0.2) is 4.79 Å². The van der Waals surface area contributed by atoms with Crippen LogP contribution in [0.2, 0.25) is 0 Å². The summed E-state index contributed by atoms with van der Waals surface area (Å²) in [6, 6.07) is 0. The van der Waals surface area contributed by atoms with Crippen molar-refractivity contribution in [2.45, 2.75) is 13.8 Å². The number of nitrogens with zero attached hydrogens (tertiary/aromatic N) is 1. The molecule has 10 heavy (non-hydrogen) atoms. The summed E-state index contributed by atoms with van der Waals surface area (Å²) in [5.74, 6) is -0.875. The Hall–Kier alpha value is -1.39. The number of carboxylic acids is 1. The van der Waals surface area contributed by atoms with E-state index in [1.165, 1.54) is 11.4 Å². The Morgan fingerprint density at radius 1 is 1.50 bits per heavy atom. The Morgan fingerprint density at radius 2 is 1.80 bits per heavy atom. The number of rotatable bonds is 1. The average molecular weight is 147 g/mol. The van der Waals surface area contributed by atoms with Crippen LogP contribution in [-0.2, 0) is 4.79 Å². The van der Waals surface area contributed by atoms with E-state index in [1.807, 2.05) is 0 Å². The van der Waals surface area contributed by atoms with Crippen molar-refractivity contribution in [3.05, 3.63) is 16.6 Å². The van der Waals surface area contributed by atoms with E-state index in [9.17, 15) is 4.79 Å². The first-order valence-corrected chi connectivity index (χ1v) is 2.39. The molecule has 58 valence electrons. The quantitative estimate of drug-likeness (QED) is 0.331. The van der Waals surface area contributed by atoms with Gasteiger partial charge in [-0.2, -0.15) is 0 Å². The lowest BCUT2D eigenvalue weighted by molar-refractivity contribution is -0.131. The lowest BCUT2D eigenvalue weighted by Crippen LogP contribution is -1.86. The molecule has 0 bridgehead atoms. The zero-order valence-electron chi connectivity index (χ0n) is 5.74. The molecule has 0 atom stereocenters. The topological polar surface area (TPSA) is 87.0 Å². The molecule has 5 nitrogen and oxygen atoms in total. The Bertz CT molecular complexity index is 137. The highest BCUT2D eigenvalue weighted by Crippen LogP contribution is 1.85. The maximum absolute atomic E-state index is 9.73. The third-order valence-electron chi connectivity index (χ3n) is 0.412. The van der Waals surface area contributed by atoms with Gasteiger partial charge in [0.2, 0.25) is 0 Å². The minimum atomic E-state index is -0.875. The number of carbonyl (C=O) groups is 1. The summed E-state index contributed by atoms with van der Waals surface area (Å²) < 4.78 is 0. The Morgan fingerprint density at radius 3 is 1.80 bits per heavy atom. The van der Waals surface area contributed by atoms with E-state index in [4.69, 9.17) is 15.2 Å². The molecular formula is C5H9NO4. The molecule has 0 spiro atoms. The van der Waals surface area contributed by atoms with Crippen LogP contribution in [0.25, 0.3) is 0 Å². The molecule has 0 amide bonds. The van der Waals surface area contributed by atoms with Gasteiger partial charge in [0.1, 0.15) is 0 Å². The first-order valence-electron chi connectivity index (χ1n) is 2.39. The molecule has 5 heteroatoms. The summed E-state index contributed by atoms with van der Waals surface area (Å²) in [5, 5.41) is 15.9. The average Bonchev–Trinajstić information content (AvgIpc) is 1.62. The molecule has 0 aromatic rings. The molecule has 0 radical (unpaired) electrons. The molecule has 0 aromatic carbocycles. The third-order valence-corrected chi connectivity index (χ3v) is 0.412. The maximum atomic E-state index is 9.73. The van der Waals surface area contributed by atoms with Crippen LogP contribution in [0.1, 0.15) is 13.8 Å². The number of carboxylic acid groups (broad SMARTS) is 1. The summed E-state index contributed by atoms with van der Waals surface area (Å²) >= 11 is 0. The predicted octanol–water partition coefficient (Wildman–Crippen LogP) is 1.18. The van der Waals surface area contributed by atoms with Crippen molar-refractivity contribution in [2.75, 3.05) is 0 Å². The fraction of sp³-hybridized carbons (Fsp3) is 0.400. The summed E-state index contributed by atoms with van der Waals surface area (Å²) in [4.78, 5) is 17.8. The van der Waals surface area contributed by atoms with Gasteiger partial charge < -0.3 is 10.3 Å². The molecule has 0 rings (SSSR count). The minimum Gasteiger partial charge on any atom is -0.478 e. The van der Waals surface area contributed by atoms with Gasteiger partial charge in [0.05, 0.1) is 0 Å². The van der Waals surface area contributed by atoms with Crippen LogP contribution in [0.15, 0.2) is 17.0 Å². The van der Waals surface area contributed by atoms with E-state index in [1.54, 1.807) is 13.8 Å². The summed E-state index contributed by atoms with van der Waals surface area (Å²) in [6.07, 6.45) is 1.17. The van der Waals surface area contributed by atoms with Gasteiger partial charge in [-0.15, -0.1) is 4.91 Å². The molecule has 0 aliphatic heterocycles. The van der Waals surface area contributed by atoms with Gasteiger partial charge >= 0.3 is 5.97 Å². The highest BCUT2D eigenvalue weighted by Gasteiger charge is 1.83. The summed E-state index contributed by atoms with van der Waals surface area (Å²) in [7, 11) is 0. The number of allylic oxidation sites excluding steroid dienone is 1. The van der Waals surface area contributed by atoms with E-state index in [2.05, 4.69) is 0 Å². The first kappa shape index (κ1) is 11.4. The Labute approximate surface area is 57.9 Å². The lowest BCUT2D eigenvalue weighted by atomic mass is 10.3. The molecule has 2 N–H and O–H groups in total. The fourth-order valence-electron chi connectivity index (χ4n) is 0.247. The number of hydrogen-bond donors (Lipinski definition) is 2. The van der Waals surface area contributed by atoms with Crippen molar-refractivity contribution in [1.82, 2.24) is 0 Å². The lowest BCUT2D eigenvalue weighted by Gasteiger charge is -1.79. The van der Waals surface area contributed by atoms with Crippen molar-refractivity contribution in [3.8, 4) is 0 Å². The van der Waals surface area contributed by atoms with E-state index >= 15 is 0 Å². The van der Waals surface area contributed by atoms with Gasteiger partial charge in [-0.3, -0.25) is 0 Å². The van der Waals surface area contributed by atoms with Crippen LogP contribution in [0.4, 0.5) is 0 Å². The van der Waals surface area contributed by atoms with Crippen LogP contribution in [-0.4, -0.2) is 16.3 Å². The van der Waals surface area contributed by atoms with Gasteiger partial charge in [0.25, 0.3) is 0 Å². The van der Waals surface area contributed by atoms with Gasteiger partial charge in [0, 0.05) is 6.08 Å². The normalized spacial score (nSPS) is 6.60. The molecule has 0 saturated heterocycles. The molecule has 0 aromatic heterocycles. The first-order chi connectivity index (χ1) is 4.54. The van der Waals surface area contributed by atoms with Crippen LogP contribution < -0.4 is 0 Å². The van der Waals surface area contributed by atoms with E-state index in [0.717, 1.165) is 5.57 Å². The van der Waals surface area contributed by atoms with Crippen LogP contribution in [0, 0.1) is 4.91 Å². The molecular weight excluding hydrogens is 138 g/mol. The number of hydrogen-bond acceptors (Lipinski definition) is 3. The monoisotopic (exact) mass is 147 g/mol. The highest BCUT2D eigenvalue weighted by molar-refractivity contribution is 5.80. The van der Waals surface area contributed by atoms with Gasteiger partial charge in [-0.1, -0.05) is 5.57 Å². The zero-order chi connectivity index (χ0) is 8.57. The second-order valence-electron chi connectivity index (χ2n) is 1.64. The van der Waals surface area contributed by atoms with Crippen LogP contribution >= 0.6 is 0 Å². The van der Waals surface area contributed by atoms with Crippen molar-refractivity contribution in [2.24, 2.45) is 5.34 Å². The molecule has 0 heterocycles. The summed E-state index contributed by atoms with van der Waals surface area (Å²) in [6.45, 7) is 3.49. The predicted molar refractivity (Wildman–Crippen MR) is 34.6 cm³/mol. The smallest absolute Gasteiger partial charge is 0.328 e.